The van der Waals surface area contributed by atoms with Gasteiger partial charge in [0.1, 0.15) is 5.76 Å². The Morgan fingerprint density at radius 1 is 0.933 bits per heavy atom. The summed E-state index contributed by atoms with van der Waals surface area (Å²) in [5.41, 5.74) is 1.16. The van der Waals surface area contributed by atoms with Gasteiger partial charge in [-0.05, 0) is 30.5 Å². The molecule has 2 aromatic rings. The monoisotopic (exact) mass is 427 g/mol. The molecule has 1 aliphatic heterocycles. The molecule has 0 radical (unpaired) electrons. The second-order valence-electron chi connectivity index (χ2n) is 7.11. The van der Waals surface area contributed by atoms with Crippen LogP contribution in [0.25, 0.3) is 5.76 Å². The number of carbonyl (C=O) groups excluding carboxylic acids is 2. The van der Waals surface area contributed by atoms with E-state index in [4.69, 9.17) is 16.7 Å². The predicted octanol–water partition coefficient (Wildman–Crippen LogP) is 4.41. The first kappa shape index (κ1) is 21.6. The molecule has 1 saturated heterocycles. The van der Waals surface area contributed by atoms with Crippen molar-refractivity contribution in [2.45, 2.75) is 31.7 Å². The van der Waals surface area contributed by atoms with Gasteiger partial charge in [0.2, 0.25) is 0 Å². The number of Topliss-reactive ketones (excluding diaryl/α,β-unsaturated/α-hetero) is 1. The number of likely N-dealkylation sites (tertiary alicyclic amines) is 1. The van der Waals surface area contributed by atoms with Crippen LogP contribution in [0.2, 0.25) is 5.02 Å². The molecule has 0 unspecified atom stereocenters. The Balaban J connectivity index is 1.95. The molecule has 3 rings (SSSR count). The lowest BCUT2D eigenvalue weighted by Crippen LogP contribution is -2.30. The van der Waals surface area contributed by atoms with Crippen molar-refractivity contribution in [2.75, 3.05) is 6.54 Å². The number of aliphatic hydroxyl groups is 1. The molecule has 1 heterocycles. The van der Waals surface area contributed by atoms with E-state index in [0.29, 0.717) is 35.4 Å². The van der Waals surface area contributed by atoms with E-state index in [1.165, 1.54) is 4.90 Å². The molecule has 0 bridgehead atoms. The molecule has 2 aromatic carbocycles. The lowest BCUT2D eigenvalue weighted by molar-refractivity contribution is -0.140. The minimum atomic E-state index is -0.862. The van der Waals surface area contributed by atoms with Crippen molar-refractivity contribution in [2.24, 2.45) is 0 Å². The highest BCUT2D eigenvalue weighted by Crippen LogP contribution is 2.39. The van der Waals surface area contributed by atoms with Crippen molar-refractivity contribution in [1.82, 2.24) is 4.90 Å². The van der Waals surface area contributed by atoms with E-state index in [1.54, 1.807) is 54.6 Å². The third-order valence-corrected chi connectivity index (χ3v) is 5.31. The van der Waals surface area contributed by atoms with Gasteiger partial charge < -0.3 is 15.1 Å². The zero-order valence-corrected chi connectivity index (χ0v) is 17.0. The lowest BCUT2D eigenvalue weighted by Gasteiger charge is -2.25. The molecule has 1 atom stereocenters. The molecule has 30 heavy (non-hydrogen) atoms. The second kappa shape index (κ2) is 9.59. The summed E-state index contributed by atoms with van der Waals surface area (Å²) in [4.78, 5) is 37.8. The molecule has 156 valence electrons. The predicted molar refractivity (Wildman–Crippen MR) is 113 cm³/mol. The van der Waals surface area contributed by atoms with Gasteiger partial charge in [0.05, 0.1) is 11.6 Å². The number of hydrogen-bond donors (Lipinski definition) is 2. The van der Waals surface area contributed by atoms with E-state index < -0.39 is 23.7 Å². The number of aliphatic hydroxyl groups excluding tert-OH is 1. The number of carboxylic acids is 1. The van der Waals surface area contributed by atoms with Gasteiger partial charge in [-0.25, -0.2) is 0 Å². The summed E-state index contributed by atoms with van der Waals surface area (Å²) in [6.45, 7) is 0.281. The summed E-state index contributed by atoms with van der Waals surface area (Å²) in [6.07, 6.45) is 1.72. The Labute approximate surface area is 179 Å². The van der Waals surface area contributed by atoms with Crippen LogP contribution in [0, 0.1) is 0 Å². The molecule has 6 nitrogen and oxygen atoms in total. The van der Waals surface area contributed by atoms with Crippen LogP contribution in [0.15, 0.2) is 60.2 Å². The molecule has 1 aliphatic rings. The summed E-state index contributed by atoms with van der Waals surface area (Å²) in [6, 6.07) is 14.7. The fraction of sp³-hybridized carbons (Fsp3) is 0.261. The summed E-state index contributed by atoms with van der Waals surface area (Å²) in [5, 5.41) is 20.2. The minimum Gasteiger partial charge on any atom is -0.507 e. The fourth-order valence-corrected chi connectivity index (χ4v) is 3.71. The largest absolute Gasteiger partial charge is 0.507 e. The van der Waals surface area contributed by atoms with E-state index in [2.05, 4.69) is 0 Å². The molecule has 1 amide bonds. The minimum absolute atomic E-state index is 0.0408. The SMILES string of the molecule is O=C(O)CCCCCN1C(=O)C(=O)/C(=C(/O)c2ccccc2)[C@@H]1c1ccc(Cl)cc1. The molecule has 1 fully saturated rings. The smallest absolute Gasteiger partial charge is 0.303 e. The number of halogens is 1. The average Bonchev–Trinajstić information content (AvgIpc) is 2.99. The third-order valence-electron chi connectivity index (χ3n) is 5.06. The Kier molecular flexibility index (Phi) is 6.90. The van der Waals surface area contributed by atoms with E-state index >= 15 is 0 Å². The van der Waals surface area contributed by atoms with Gasteiger partial charge in [0, 0.05) is 23.6 Å². The molecular formula is C23H22ClNO5. The number of nitrogens with zero attached hydrogens (tertiary/aromatic N) is 1. The van der Waals surface area contributed by atoms with Crippen LogP contribution in [-0.2, 0) is 14.4 Å². The topological polar surface area (TPSA) is 94.9 Å². The summed E-state index contributed by atoms with van der Waals surface area (Å²) >= 11 is 5.99. The summed E-state index contributed by atoms with van der Waals surface area (Å²) in [5.74, 6) is -2.49. The normalized spacial score (nSPS) is 18.0. The maximum atomic E-state index is 12.8. The number of rotatable bonds is 8. The van der Waals surface area contributed by atoms with Gasteiger partial charge in [0.25, 0.3) is 11.7 Å². The quantitative estimate of drug-likeness (QED) is 0.281. The Morgan fingerprint density at radius 2 is 1.60 bits per heavy atom. The Bertz CT molecular complexity index is 969. The fourth-order valence-electron chi connectivity index (χ4n) is 3.59. The molecule has 0 aromatic heterocycles. The zero-order chi connectivity index (χ0) is 21.7. The zero-order valence-electron chi connectivity index (χ0n) is 16.3. The van der Waals surface area contributed by atoms with Crippen molar-refractivity contribution >= 4 is 35.0 Å². The Hall–Kier alpha value is -3.12. The number of carboxylic acid groups (broad SMARTS) is 1. The van der Waals surface area contributed by atoms with Crippen molar-refractivity contribution in [3.63, 3.8) is 0 Å². The molecule has 0 spiro atoms. The van der Waals surface area contributed by atoms with Gasteiger partial charge in [0.15, 0.2) is 0 Å². The highest BCUT2D eigenvalue weighted by Gasteiger charge is 2.45. The first-order valence-electron chi connectivity index (χ1n) is 9.71. The van der Waals surface area contributed by atoms with E-state index in [1.807, 2.05) is 0 Å². The molecule has 2 N–H and O–H groups in total. The van der Waals surface area contributed by atoms with Crippen LogP contribution in [0.1, 0.15) is 42.9 Å². The van der Waals surface area contributed by atoms with Gasteiger partial charge in [-0.15, -0.1) is 0 Å². The second-order valence-corrected chi connectivity index (χ2v) is 7.55. The molecular weight excluding hydrogens is 406 g/mol. The number of ketones is 1. The third kappa shape index (κ3) is 4.71. The number of aliphatic carboxylic acids is 1. The number of unbranched alkanes of at least 4 members (excludes halogenated alkanes) is 2. The van der Waals surface area contributed by atoms with Gasteiger partial charge >= 0.3 is 5.97 Å². The van der Waals surface area contributed by atoms with Crippen molar-refractivity contribution in [3.8, 4) is 0 Å². The maximum absolute atomic E-state index is 12.8. The van der Waals surface area contributed by atoms with Gasteiger partial charge in [-0.3, -0.25) is 14.4 Å². The summed E-state index contributed by atoms with van der Waals surface area (Å²) < 4.78 is 0. The first-order valence-corrected chi connectivity index (χ1v) is 10.1. The molecule has 7 heteroatoms. The van der Waals surface area contributed by atoms with Crippen molar-refractivity contribution in [3.05, 3.63) is 76.3 Å². The van der Waals surface area contributed by atoms with Crippen LogP contribution in [0.5, 0.6) is 0 Å². The summed E-state index contributed by atoms with van der Waals surface area (Å²) in [7, 11) is 0. The van der Waals surface area contributed by atoms with Gasteiger partial charge in [-0.1, -0.05) is 60.5 Å². The van der Waals surface area contributed by atoms with Crippen LogP contribution >= 0.6 is 11.6 Å². The van der Waals surface area contributed by atoms with E-state index in [-0.39, 0.29) is 24.3 Å². The Morgan fingerprint density at radius 3 is 2.23 bits per heavy atom. The molecule has 0 saturated carbocycles. The number of carbonyl (C=O) groups is 3. The van der Waals surface area contributed by atoms with Crippen molar-refractivity contribution < 1.29 is 24.6 Å². The van der Waals surface area contributed by atoms with E-state index in [9.17, 15) is 19.5 Å². The molecule has 0 aliphatic carbocycles. The maximum Gasteiger partial charge on any atom is 0.303 e. The van der Waals surface area contributed by atoms with Crippen LogP contribution in [0.4, 0.5) is 0 Å². The van der Waals surface area contributed by atoms with Crippen LogP contribution in [0.3, 0.4) is 0 Å². The number of amides is 1. The highest BCUT2D eigenvalue weighted by molar-refractivity contribution is 6.46. The average molecular weight is 428 g/mol. The number of benzene rings is 2. The number of hydrogen-bond acceptors (Lipinski definition) is 4. The van der Waals surface area contributed by atoms with Gasteiger partial charge in [-0.2, -0.15) is 0 Å². The van der Waals surface area contributed by atoms with Crippen LogP contribution in [-0.4, -0.2) is 39.3 Å². The lowest BCUT2D eigenvalue weighted by atomic mass is 9.95. The van der Waals surface area contributed by atoms with Crippen molar-refractivity contribution in [1.29, 1.82) is 0 Å². The first-order chi connectivity index (χ1) is 14.4. The standard InChI is InChI=1S/C23H22ClNO5/c24-17-12-10-15(11-13-17)20-19(21(28)16-7-3-1-4-8-16)22(29)23(30)25(20)14-6-2-5-9-18(26)27/h1,3-4,7-8,10-13,20,28H,2,5-6,9,14H2,(H,26,27)/b21-19+/t20-/m0/s1. The van der Waals surface area contributed by atoms with Crippen LogP contribution < -0.4 is 0 Å². The highest BCUT2D eigenvalue weighted by atomic mass is 35.5. The van der Waals surface area contributed by atoms with E-state index in [0.717, 1.165) is 0 Å².